The summed E-state index contributed by atoms with van der Waals surface area (Å²) in [6, 6.07) is 10.0. The number of benzene rings is 1. The Labute approximate surface area is 148 Å². The molecule has 1 aliphatic rings. The molecular formula is C18H16FN3O2S. The molecule has 128 valence electrons. The van der Waals surface area contributed by atoms with Crippen LogP contribution in [0.4, 0.5) is 4.39 Å². The summed E-state index contributed by atoms with van der Waals surface area (Å²) in [5, 5.41) is 9.98. The molecule has 0 spiro atoms. The van der Waals surface area contributed by atoms with Crippen molar-refractivity contribution in [3.63, 3.8) is 0 Å². The number of halogens is 1. The number of carbonyl (C=O) groups is 1. The minimum absolute atomic E-state index is 0.0225. The van der Waals surface area contributed by atoms with Gasteiger partial charge in [0, 0.05) is 13.1 Å². The molecule has 1 aromatic carbocycles. The molecule has 4 rings (SSSR count). The first-order chi connectivity index (χ1) is 12.2. The zero-order chi connectivity index (χ0) is 17.2. The van der Waals surface area contributed by atoms with E-state index in [0.717, 1.165) is 24.3 Å². The summed E-state index contributed by atoms with van der Waals surface area (Å²) in [6.07, 6.45) is 1.74. The third-order valence-electron chi connectivity index (χ3n) is 4.33. The molecule has 7 heteroatoms. The lowest BCUT2D eigenvalue weighted by Crippen LogP contribution is -2.38. The molecule has 1 aliphatic heterocycles. The van der Waals surface area contributed by atoms with Gasteiger partial charge >= 0.3 is 0 Å². The Morgan fingerprint density at radius 3 is 2.92 bits per heavy atom. The maximum Gasteiger partial charge on any atom is 0.263 e. The SMILES string of the molecule is O=C(c1cccs1)N1CCCC(c2nnc(-c3ccccc3F)o2)C1. The topological polar surface area (TPSA) is 59.2 Å². The molecule has 0 N–H and O–H groups in total. The van der Waals surface area contributed by atoms with Gasteiger partial charge in [0.25, 0.3) is 11.8 Å². The van der Waals surface area contributed by atoms with E-state index < -0.39 is 5.82 Å². The number of piperidine rings is 1. The lowest BCUT2D eigenvalue weighted by Gasteiger charge is -2.30. The highest BCUT2D eigenvalue weighted by atomic mass is 32.1. The van der Waals surface area contributed by atoms with E-state index in [1.165, 1.54) is 17.4 Å². The molecule has 0 bridgehead atoms. The fraction of sp³-hybridized carbons (Fsp3) is 0.278. The molecule has 3 aromatic rings. The molecule has 1 saturated heterocycles. The van der Waals surface area contributed by atoms with Crippen molar-refractivity contribution in [1.82, 2.24) is 15.1 Å². The summed E-state index contributed by atoms with van der Waals surface area (Å²) < 4.78 is 19.6. The van der Waals surface area contributed by atoms with Gasteiger partial charge in [-0.1, -0.05) is 18.2 Å². The molecule has 1 unspecified atom stereocenters. The summed E-state index contributed by atoms with van der Waals surface area (Å²) >= 11 is 1.44. The number of nitrogens with zero attached hydrogens (tertiary/aromatic N) is 3. The second-order valence-electron chi connectivity index (χ2n) is 5.99. The average Bonchev–Trinajstić information content (AvgIpc) is 3.34. The van der Waals surface area contributed by atoms with E-state index in [1.54, 1.807) is 18.2 Å². The van der Waals surface area contributed by atoms with Gasteiger partial charge in [-0.25, -0.2) is 4.39 Å². The Morgan fingerprint density at radius 2 is 2.12 bits per heavy atom. The lowest BCUT2D eigenvalue weighted by molar-refractivity contribution is 0.0703. The number of hydrogen-bond acceptors (Lipinski definition) is 5. The lowest BCUT2D eigenvalue weighted by atomic mass is 9.98. The standard InChI is InChI=1S/C18H16FN3O2S/c19-14-7-2-1-6-13(14)17-21-20-16(24-17)12-5-3-9-22(11-12)18(23)15-8-4-10-25-15/h1-2,4,6-8,10,12H,3,5,9,11H2. The Hall–Kier alpha value is -2.54. The van der Waals surface area contributed by atoms with Crippen molar-refractivity contribution in [2.75, 3.05) is 13.1 Å². The number of thiophene rings is 1. The predicted molar refractivity (Wildman–Crippen MR) is 91.9 cm³/mol. The largest absolute Gasteiger partial charge is 0.420 e. The molecule has 0 saturated carbocycles. The average molecular weight is 357 g/mol. The van der Waals surface area contributed by atoms with Crippen LogP contribution in [-0.2, 0) is 0 Å². The summed E-state index contributed by atoms with van der Waals surface area (Å²) in [5.41, 5.74) is 0.295. The maximum atomic E-state index is 13.9. The van der Waals surface area contributed by atoms with E-state index in [9.17, 15) is 9.18 Å². The van der Waals surface area contributed by atoms with Crippen molar-refractivity contribution in [2.45, 2.75) is 18.8 Å². The minimum Gasteiger partial charge on any atom is -0.420 e. The zero-order valence-corrected chi connectivity index (χ0v) is 14.2. The van der Waals surface area contributed by atoms with Crippen LogP contribution in [0, 0.1) is 5.82 Å². The third kappa shape index (κ3) is 3.19. The van der Waals surface area contributed by atoms with Gasteiger partial charge in [-0.15, -0.1) is 21.5 Å². The monoisotopic (exact) mass is 357 g/mol. The van der Waals surface area contributed by atoms with E-state index in [4.69, 9.17) is 4.42 Å². The number of hydrogen-bond donors (Lipinski definition) is 0. The molecule has 0 radical (unpaired) electrons. The van der Waals surface area contributed by atoms with E-state index in [-0.39, 0.29) is 17.7 Å². The molecular weight excluding hydrogens is 341 g/mol. The van der Waals surface area contributed by atoms with E-state index in [1.807, 2.05) is 22.4 Å². The van der Waals surface area contributed by atoms with Crippen LogP contribution in [0.2, 0.25) is 0 Å². The fourth-order valence-corrected chi connectivity index (χ4v) is 3.75. The summed E-state index contributed by atoms with van der Waals surface area (Å²) in [6.45, 7) is 1.26. The molecule has 2 aromatic heterocycles. The normalized spacial score (nSPS) is 17.6. The fourth-order valence-electron chi connectivity index (χ4n) is 3.06. The molecule has 0 aliphatic carbocycles. The number of carbonyl (C=O) groups excluding carboxylic acids is 1. The van der Waals surface area contributed by atoms with Crippen LogP contribution in [-0.4, -0.2) is 34.1 Å². The Kier molecular flexibility index (Phi) is 4.31. The zero-order valence-electron chi connectivity index (χ0n) is 13.4. The molecule has 1 fully saturated rings. The van der Waals surface area contributed by atoms with Gasteiger partial charge in [-0.3, -0.25) is 4.79 Å². The van der Waals surface area contributed by atoms with Crippen molar-refractivity contribution in [1.29, 1.82) is 0 Å². The van der Waals surface area contributed by atoms with Crippen molar-refractivity contribution in [2.24, 2.45) is 0 Å². The number of amides is 1. The smallest absolute Gasteiger partial charge is 0.263 e. The van der Waals surface area contributed by atoms with Gasteiger partial charge in [0.15, 0.2) is 0 Å². The van der Waals surface area contributed by atoms with Gasteiger partial charge < -0.3 is 9.32 Å². The summed E-state index contributed by atoms with van der Waals surface area (Å²) in [7, 11) is 0. The maximum absolute atomic E-state index is 13.9. The van der Waals surface area contributed by atoms with Gasteiger partial charge in [-0.2, -0.15) is 0 Å². The van der Waals surface area contributed by atoms with E-state index in [2.05, 4.69) is 10.2 Å². The van der Waals surface area contributed by atoms with Gasteiger partial charge in [0.05, 0.1) is 16.4 Å². The molecule has 25 heavy (non-hydrogen) atoms. The third-order valence-corrected chi connectivity index (χ3v) is 5.19. The van der Waals surface area contributed by atoms with Gasteiger partial charge in [0.1, 0.15) is 5.82 Å². The van der Waals surface area contributed by atoms with Crippen LogP contribution >= 0.6 is 11.3 Å². The highest BCUT2D eigenvalue weighted by Crippen LogP contribution is 2.30. The van der Waals surface area contributed by atoms with E-state index >= 15 is 0 Å². The van der Waals surface area contributed by atoms with Crippen molar-refractivity contribution in [3.8, 4) is 11.5 Å². The Balaban J connectivity index is 1.52. The molecule has 5 nitrogen and oxygen atoms in total. The second kappa shape index (κ2) is 6.76. The first-order valence-corrected chi connectivity index (χ1v) is 9.01. The molecule has 1 atom stereocenters. The van der Waals surface area contributed by atoms with Crippen molar-refractivity contribution >= 4 is 17.2 Å². The minimum atomic E-state index is -0.393. The first kappa shape index (κ1) is 16.0. The quantitative estimate of drug-likeness (QED) is 0.712. The number of rotatable bonds is 3. The summed E-state index contributed by atoms with van der Waals surface area (Å²) in [5.74, 6) is 0.256. The van der Waals surface area contributed by atoms with Gasteiger partial charge in [-0.05, 0) is 36.4 Å². The Morgan fingerprint density at radius 1 is 1.24 bits per heavy atom. The van der Waals surface area contributed by atoms with Crippen LogP contribution in [0.1, 0.15) is 34.3 Å². The first-order valence-electron chi connectivity index (χ1n) is 8.13. The second-order valence-corrected chi connectivity index (χ2v) is 6.94. The Bertz CT molecular complexity index is 878. The van der Waals surface area contributed by atoms with Gasteiger partial charge in [0.2, 0.25) is 5.89 Å². The highest BCUT2D eigenvalue weighted by Gasteiger charge is 2.29. The van der Waals surface area contributed by atoms with Crippen molar-refractivity contribution < 1.29 is 13.6 Å². The number of aromatic nitrogens is 2. The predicted octanol–water partition coefficient (Wildman–Crippen LogP) is 3.96. The van der Waals surface area contributed by atoms with Crippen LogP contribution in [0.15, 0.2) is 46.2 Å². The van der Waals surface area contributed by atoms with Crippen LogP contribution in [0.5, 0.6) is 0 Å². The highest BCUT2D eigenvalue weighted by molar-refractivity contribution is 7.12. The molecule has 3 heterocycles. The van der Waals surface area contributed by atoms with E-state index in [0.29, 0.717) is 18.0 Å². The van der Waals surface area contributed by atoms with Crippen molar-refractivity contribution in [3.05, 3.63) is 58.4 Å². The van der Waals surface area contributed by atoms with Crippen LogP contribution in [0.25, 0.3) is 11.5 Å². The van der Waals surface area contributed by atoms with Crippen LogP contribution in [0.3, 0.4) is 0 Å². The summed E-state index contributed by atoms with van der Waals surface area (Å²) in [4.78, 5) is 15.1. The molecule has 1 amide bonds. The van der Waals surface area contributed by atoms with Crippen LogP contribution < -0.4 is 0 Å². The number of likely N-dealkylation sites (tertiary alicyclic amines) is 1.